The van der Waals surface area contributed by atoms with E-state index in [1.807, 2.05) is 12.3 Å². The molecule has 0 bridgehead atoms. The molecule has 0 aliphatic rings. The van der Waals surface area contributed by atoms with E-state index in [-0.39, 0.29) is 0 Å². The van der Waals surface area contributed by atoms with Gasteiger partial charge in [0.1, 0.15) is 0 Å². The molecule has 1 N–H and O–H groups in total. The third-order valence-electron chi connectivity index (χ3n) is 3.12. The molecule has 1 atom stereocenters. The van der Waals surface area contributed by atoms with E-state index >= 15 is 0 Å². The van der Waals surface area contributed by atoms with E-state index in [1.54, 1.807) is 0 Å². The number of hydrogen-bond donors (Lipinski definition) is 1. The van der Waals surface area contributed by atoms with Crippen molar-refractivity contribution in [3.05, 3.63) is 36.7 Å². The van der Waals surface area contributed by atoms with Crippen LogP contribution in [0.1, 0.15) is 45.3 Å². The molecule has 0 saturated carbocycles. The number of nitrogens with one attached hydrogen (secondary N) is 1. The average Bonchev–Trinajstić information content (AvgIpc) is 2.44. The van der Waals surface area contributed by atoms with Crippen molar-refractivity contribution in [2.45, 2.75) is 39.7 Å². The average molecular weight is 261 g/mol. The summed E-state index contributed by atoms with van der Waals surface area (Å²) in [7, 11) is 0. The highest BCUT2D eigenvalue weighted by atomic mass is 15.1. The second-order valence-corrected chi connectivity index (χ2v) is 4.85. The van der Waals surface area contributed by atoms with E-state index in [4.69, 9.17) is 0 Å². The number of nitrogens with zero attached hydrogens (tertiary/aromatic N) is 2. The van der Waals surface area contributed by atoms with Crippen molar-refractivity contribution in [1.29, 1.82) is 0 Å². The van der Waals surface area contributed by atoms with E-state index in [0.29, 0.717) is 6.04 Å². The van der Waals surface area contributed by atoms with Crippen molar-refractivity contribution in [2.24, 2.45) is 0 Å². The summed E-state index contributed by atoms with van der Waals surface area (Å²) in [6.45, 7) is 13.3. The molecule has 106 valence electrons. The van der Waals surface area contributed by atoms with Crippen LogP contribution in [0.25, 0.3) is 0 Å². The summed E-state index contributed by atoms with van der Waals surface area (Å²) in [5.41, 5.74) is 2.28. The Morgan fingerprint density at radius 3 is 2.68 bits per heavy atom. The lowest BCUT2D eigenvalue weighted by Crippen LogP contribution is -2.24. The maximum absolute atomic E-state index is 4.58. The smallest absolute Gasteiger partial charge is 0.0572 e. The van der Waals surface area contributed by atoms with Crippen LogP contribution in [0, 0.1) is 0 Å². The number of pyridine rings is 1. The van der Waals surface area contributed by atoms with Crippen LogP contribution in [-0.4, -0.2) is 24.6 Å². The second kappa shape index (κ2) is 8.70. The van der Waals surface area contributed by atoms with Crippen molar-refractivity contribution in [2.75, 3.05) is 24.5 Å². The molecule has 1 aromatic heterocycles. The Balaban J connectivity index is 2.70. The fourth-order valence-electron chi connectivity index (χ4n) is 2.06. The van der Waals surface area contributed by atoms with Crippen LogP contribution in [0.3, 0.4) is 0 Å². The van der Waals surface area contributed by atoms with Gasteiger partial charge in [0.05, 0.1) is 17.6 Å². The van der Waals surface area contributed by atoms with Crippen LogP contribution in [0.5, 0.6) is 0 Å². The van der Waals surface area contributed by atoms with Gasteiger partial charge in [-0.15, -0.1) is 6.58 Å². The minimum atomic E-state index is 0.313. The van der Waals surface area contributed by atoms with Gasteiger partial charge in [-0.25, -0.2) is 0 Å². The Morgan fingerprint density at radius 2 is 2.16 bits per heavy atom. The molecule has 1 heterocycles. The summed E-state index contributed by atoms with van der Waals surface area (Å²) in [5, 5.41) is 3.46. The fourth-order valence-corrected chi connectivity index (χ4v) is 2.06. The predicted octanol–water partition coefficient (Wildman–Crippen LogP) is 3.54. The summed E-state index contributed by atoms with van der Waals surface area (Å²) >= 11 is 0. The third kappa shape index (κ3) is 5.03. The van der Waals surface area contributed by atoms with Crippen molar-refractivity contribution in [1.82, 2.24) is 10.3 Å². The number of rotatable bonds is 9. The largest absolute Gasteiger partial charge is 0.367 e. The lowest BCUT2D eigenvalue weighted by Gasteiger charge is -2.23. The molecule has 3 nitrogen and oxygen atoms in total. The van der Waals surface area contributed by atoms with Gasteiger partial charge in [0.2, 0.25) is 0 Å². The summed E-state index contributed by atoms with van der Waals surface area (Å²) in [6.07, 6.45) is 6.18. The van der Waals surface area contributed by atoms with Crippen molar-refractivity contribution >= 4 is 5.69 Å². The normalized spacial score (nSPS) is 12.2. The van der Waals surface area contributed by atoms with Gasteiger partial charge >= 0.3 is 0 Å². The SMILES string of the molecule is C=CCN(CCC)c1ccc(C(C)NCCC)nc1. The number of aromatic nitrogens is 1. The second-order valence-electron chi connectivity index (χ2n) is 4.85. The quantitative estimate of drug-likeness (QED) is 0.689. The highest BCUT2D eigenvalue weighted by molar-refractivity contribution is 5.45. The van der Waals surface area contributed by atoms with E-state index in [1.165, 1.54) is 5.69 Å². The van der Waals surface area contributed by atoms with Gasteiger partial charge in [-0.1, -0.05) is 19.9 Å². The first-order valence-corrected chi connectivity index (χ1v) is 7.28. The summed E-state index contributed by atoms with van der Waals surface area (Å²) in [5.74, 6) is 0. The molecule has 19 heavy (non-hydrogen) atoms. The molecule has 0 aliphatic carbocycles. The van der Waals surface area contributed by atoms with Crippen LogP contribution < -0.4 is 10.2 Å². The Morgan fingerprint density at radius 1 is 1.37 bits per heavy atom. The van der Waals surface area contributed by atoms with Gasteiger partial charge in [-0.05, 0) is 38.4 Å². The molecule has 0 fully saturated rings. The van der Waals surface area contributed by atoms with E-state index < -0.39 is 0 Å². The van der Waals surface area contributed by atoms with Crippen molar-refractivity contribution in [3.8, 4) is 0 Å². The molecular formula is C16H27N3. The molecule has 1 unspecified atom stereocenters. The van der Waals surface area contributed by atoms with Crippen molar-refractivity contribution in [3.63, 3.8) is 0 Å². The van der Waals surface area contributed by atoms with E-state index in [9.17, 15) is 0 Å². The Kier molecular flexibility index (Phi) is 7.19. The van der Waals surface area contributed by atoms with Gasteiger partial charge < -0.3 is 10.2 Å². The summed E-state index contributed by atoms with van der Waals surface area (Å²) in [4.78, 5) is 6.88. The summed E-state index contributed by atoms with van der Waals surface area (Å²) < 4.78 is 0. The van der Waals surface area contributed by atoms with Gasteiger partial charge in [0.25, 0.3) is 0 Å². The van der Waals surface area contributed by atoms with Gasteiger partial charge in [-0.3, -0.25) is 4.98 Å². The van der Waals surface area contributed by atoms with Gasteiger partial charge in [0.15, 0.2) is 0 Å². The lowest BCUT2D eigenvalue weighted by molar-refractivity contribution is 0.558. The third-order valence-corrected chi connectivity index (χ3v) is 3.12. The molecule has 0 spiro atoms. The minimum absolute atomic E-state index is 0.313. The van der Waals surface area contributed by atoms with Gasteiger partial charge in [0, 0.05) is 19.1 Å². The first-order chi connectivity index (χ1) is 9.22. The molecule has 0 saturated heterocycles. The fraction of sp³-hybridized carbons (Fsp3) is 0.562. The Hall–Kier alpha value is -1.35. The number of anilines is 1. The molecule has 3 heteroatoms. The zero-order valence-corrected chi connectivity index (χ0v) is 12.5. The highest BCUT2D eigenvalue weighted by Gasteiger charge is 2.08. The zero-order chi connectivity index (χ0) is 14.1. The van der Waals surface area contributed by atoms with Gasteiger partial charge in [-0.2, -0.15) is 0 Å². The maximum atomic E-state index is 4.58. The molecule has 1 aromatic rings. The zero-order valence-electron chi connectivity index (χ0n) is 12.5. The molecule has 0 amide bonds. The summed E-state index contributed by atoms with van der Waals surface area (Å²) in [6, 6.07) is 4.59. The molecular weight excluding hydrogens is 234 g/mol. The Bertz CT molecular complexity index is 359. The standard InChI is InChI=1S/C16H27N3/c1-5-10-17-14(4)16-9-8-15(13-18-16)19(11-6-2)12-7-3/h6,8-9,13-14,17H,2,5,7,10-12H2,1,3-4H3. The van der Waals surface area contributed by atoms with Crippen LogP contribution in [-0.2, 0) is 0 Å². The predicted molar refractivity (Wildman–Crippen MR) is 83.6 cm³/mol. The topological polar surface area (TPSA) is 28.2 Å². The number of hydrogen-bond acceptors (Lipinski definition) is 3. The van der Waals surface area contributed by atoms with Crippen LogP contribution in [0.15, 0.2) is 31.0 Å². The van der Waals surface area contributed by atoms with Crippen molar-refractivity contribution < 1.29 is 0 Å². The van der Waals surface area contributed by atoms with Crippen LogP contribution >= 0.6 is 0 Å². The van der Waals surface area contributed by atoms with E-state index in [0.717, 1.165) is 38.2 Å². The van der Waals surface area contributed by atoms with E-state index in [2.05, 4.69) is 54.7 Å². The molecule has 1 rings (SSSR count). The molecule has 0 aliphatic heterocycles. The van der Waals surface area contributed by atoms with Crippen LogP contribution in [0.2, 0.25) is 0 Å². The lowest BCUT2D eigenvalue weighted by atomic mass is 10.2. The first-order valence-electron chi connectivity index (χ1n) is 7.28. The molecule has 0 radical (unpaired) electrons. The minimum Gasteiger partial charge on any atom is -0.367 e. The first kappa shape index (κ1) is 15.7. The van der Waals surface area contributed by atoms with Crippen LogP contribution in [0.4, 0.5) is 5.69 Å². The monoisotopic (exact) mass is 261 g/mol. The maximum Gasteiger partial charge on any atom is 0.0572 e. The highest BCUT2D eigenvalue weighted by Crippen LogP contribution is 2.16. The Labute approximate surface area is 117 Å². The molecule has 0 aromatic carbocycles.